The van der Waals surface area contributed by atoms with Gasteiger partial charge in [0.25, 0.3) is 0 Å². The van der Waals surface area contributed by atoms with Crippen LogP contribution in [0.5, 0.6) is 5.75 Å². The second kappa shape index (κ2) is 39.0. The number of carboxylic acids is 1. The van der Waals surface area contributed by atoms with Crippen molar-refractivity contribution in [3.8, 4) is 5.75 Å². The van der Waals surface area contributed by atoms with Gasteiger partial charge in [0.15, 0.2) is 11.9 Å². The second-order valence-corrected chi connectivity index (χ2v) is 24.3. The number of carboxylic acid groups (broad SMARTS) is 1. The molecule has 1 rings (SSSR count). The number of phenols is 1. The maximum atomic E-state index is 14.5. The lowest BCUT2D eigenvalue weighted by molar-refractivity contribution is -0.141. The van der Waals surface area contributed by atoms with Crippen molar-refractivity contribution in [3.05, 3.63) is 29.8 Å². The van der Waals surface area contributed by atoms with Crippen molar-refractivity contribution in [2.75, 3.05) is 19.6 Å². The zero-order valence-corrected chi connectivity index (χ0v) is 52.4. The average Bonchev–Trinajstić information content (AvgIpc) is 2.41. The Morgan fingerprint density at radius 1 is 0.442 bits per heavy atom. The molecule has 86 heavy (non-hydrogen) atoms. The van der Waals surface area contributed by atoms with E-state index in [2.05, 4.69) is 57.8 Å². The Kier molecular flexibility index (Phi) is 34.6. The van der Waals surface area contributed by atoms with E-state index in [0.29, 0.717) is 12.0 Å². The molecule has 1 aromatic carbocycles. The molecule has 1 aromatic rings. The van der Waals surface area contributed by atoms with Crippen molar-refractivity contribution < 1.29 is 58.2 Å². The van der Waals surface area contributed by atoms with E-state index in [0.717, 1.165) is 0 Å². The van der Waals surface area contributed by atoms with Gasteiger partial charge in [0.1, 0.15) is 54.1 Å². The van der Waals surface area contributed by atoms with Gasteiger partial charge in [-0.3, -0.25) is 53.1 Å². The van der Waals surface area contributed by atoms with Crippen LogP contribution in [-0.2, 0) is 54.4 Å². The number of nitrogens with one attached hydrogen (secondary N) is 9. The number of aromatic hydroxyl groups is 1. The normalized spacial score (nSPS) is 14.5. The third-order valence-electron chi connectivity index (χ3n) is 13.3. The lowest BCUT2D eigenvalue weighted by atomic mass is 9.97. The molecule has 28 nitrogen and oxygen atoms in total. The van der Waals surface area contributed by atoms with Gasteiger partial charge in [0, 0.05) is 19.5 Å². The van der Waals surface area contributed by atoms with Gasteiger partial charge >= 0.3 is 5.97 Å². The van der Waals surface area contributed by atoms with E-state index < -0.39 is 126 Å². The lowest BCUT2D eigenvalue weighted by Gasteiger charge is -2.30. The van der Waals surface area contributed by atoms with Crippen LogP contribution >= 0.6 is 0 Å². The first-order chi connectivity index (χ1) is 40.1. The highest BCUT2D eigenvalue weighted by Gasteiger charge is 2.36. The van der Waals surface area contributed by atoms with Crippen LogP contribution in [0.25, 0.3) is 0 Å². The molecule has 0 saturated heterocycles. The molecule has 28 heteroatoms. The largest absolute Gasteiger partial charge is 0.508 e. The molecule has 0 aromatic heterocycles. The molecular formula is C58H102N16O12. The molecule has 486 valence electrons. The van der Waals surface area contributed by atoms with Gasteiger partial charge in [-0.1, -0.05) is 95.2 Å². The molecule has 0 radical (unpaired) electrons. The molecule has 0 bridgehead atoms. The van der Waals surface area contributed by atoms with Crippen molar-refractivity contribution in [3.63, 3.8) is 0 Å². The first-order valence-electron chi connectivity index (χ1n) is 29.7. The number of hydrogen-bond acceptors (Lipinski definition) is 14. The summed E-state index contributed by atoms with van der Waals surface area (Å²) in [5, 5.41) is 43.5. The van der Waals surface area contributed by atoms with Crippen LogP contribution in [0.3, 0.4) is 0 Å². The van der Waals surface area contributed by atoms with E-state index >= 15 is 0 Å². The minimum absolute atomic E-state index is 0.0211. The van der Waals surface area contributed by atoms with E-state index in [1.165, 1.54) is 24.3 Å². The minimum atomic E-state index is -1.36. The number of aliphatic imine (C=N–C) groups is 2. The number of phenolic OH excluding ortho intramolecular Hbond substituents is 1. The fourth-order valence-electron chi connectivity index (χ4n) is 8.96. The molecule has 9 atom stereocenters. The summed E-state index contributed by atoms with van der Waals surface area (Å²) in [6, 6.07) is -5.10. The Morgan fingerprint density at radius 2 is 0.791 bits per heavy atom. The van der Waals surface area contributed by atoms with Crippen molar-refractivity contribution in [2.45, 2.75) is 202 Å². The summed E-state index contributed by atoms with van der Waals surface area (Å²) in [5.74, 6) is -9.46. The van der Waals surface area contributed by atoms with Gasteiger partial charge in [0.2, 0.25) is 53.2 Å². The quantitative estimate of drug-likeness (QED) is 0.0220. The number of rotatable bonds is 40. The highest BCUT2D eigenvalue weighted by Crippen LogP contribution is 2.16. The third-order valence-corrected chi connectivity index (χ3v) is 13.3. The summed E-state index contributed by atoms with van der Waals surface area (Å²) in [7, 11) is 0. The minimum Gasteiger partial charge on any atom is -0.508 e. The summed E-state index contributed by atoms with van der Waals surface area (Å²) in [4.78, 5) is 145. The number of aliphatic carboxylic acids is 1. The monoisotopic (exact) mass is 1210 g/mol. The predicted molar refractivity (Wildman–Crippen MR) is 328 cm³/mol. The average molecular weight is 1220 g/mol. The van der Waals surface area contributed by atoms with Gasteiger partial charge in [-0.2, -0.15) is 0 Å². The molecule has 9 amide bonds. The van der Waals surface area contributed by atoms with Crippen LogP contribution in [0.1, 0.15) is 146 Å². The molecule has 21 N–H and O–H groups in total. The van der Waals surface area contributed by atoms with E-state index in [1.807, 2.05) is 69.2 Å². The van der Waals surface area contributed by atoms with Crippen LogP contribution in [0, 0.1) is 35.5 Å². The fraction of sp³-hybridized carbons (Fsp3) is 0.690. The van der Waals surface area contributed by atoms with Gasteiger partial charge < -0.3 is 86.7 Å². The van der Waals surface area contributed by atoms with E-state index in [9.17, 15) is 58.2 Å². The number of carbonyl (C=O) groups excluding carboxylic acids is 9. The first-order valence-corrected chi connectivity index (χ1v) is 29.7. The van der Waals surface area contributed by atoms with Gasteiger partial charge in [-0.15, -0.1) is 0 Å². The second-order valence-electron chi connectivity index (χ2n) is 24.3. The number of benzene rings is 1. The van der Waals surface area contributed by atoms with E-state index in [4.69, 9.17) is 28.7 Å². The summed E-state index contributed by atoms with van der Waals surface area (Å²) >= 11 is 0. The SMILES string of the molecule is CC(C)C[C@H](NC(=O)[C@H](CC(C)C)NC(=O)[C@H](CC(C)C)NC(=O)[C@H](CCCN=C(N)N)NC(=O)[C@H](CC(C)C)NC(=O)[C@@H](NC(=O)[C@H](CC(C)C)NC(=O)[C@@H](N)CCCN=C(N)N)C(C)C)C(=O)NCC(=O)N[C@@H](Cc1ccc(O)cc1)C(=O)O. The van der Waals surface area contributed by atoms with Crippen LogP contribution in [0.2, 0.25) is 0 Å². The molecule has 0 aliphatic rings. The van der Waals surface area contributed by atoms with Crippen LogP contribution in [0.4, 0.5) is 0 Å². The first kappa shape index (κ1) is 76.2. The zero-order valence-electron chi connectivity index (χ0n) is 52.4. The van der Waals surface area contributed by atoms with Crippen LogP contribution < -0.4 is 76.5 Å². The number of amides is 9. The maximum absolute atomic E-state index is 14.5. The Hall–Kier alpha value is -7.78. The Balaban J connectivity index is 3.46. The highest BCUT2D eigenvalue weighted by molar-refractivity contribution is 5.98. The van der Waals surface area contributed by atoms with Gasteiger partial charge in [-0.05, 0) is 111 Å². The predicted octanol–water partition coefficient (Wildman–Crippen LogP) is -0.665. The summed E-state index contributed by atoms with van der Waals surface area (Å²) in [6.07, 6.45) is 1.24. The molecule has 0 aliphatic carbocycles. The number of nitrogens with two attached hydrogens (primary N) is 5. The standard InChI is InChI=1S/C58H102N16O12/c1-30(2)23-40(49(78)66-29-46(76)67-45(56(85)86)28-36-17-19-37(75)20-18-36)70-52(81)42(25-32(5)6)72-53(82)41(24-31(3)4)71-50(79)39(16-14-22-65-58(62)63)68-51(80)43(26-33(7)8)73-55(84)47(35(11)12)74-54(83)44(27-34(9)10)69-48(77)38(59)15-13-21-64-57(60)61/h17-20,30-35,38-45,47,75H,13-16,21-29,59H2,1-12H3,(H,66,78)(H,67,76)(H,68,80)(H,69,77)(H,70,81)(H,71,79)(H,72,82)(H,73,84)(H,74,83)(H,85,86)(H4,60,61,64)(H4,62,63,65)/t38-,39-,40-,41-,42-,43-,44-,45-,47-/m0/s1. The number of carbonyl (C=O) groups is 10. The molecule has 0 unspecified atom stereocenters. The zero-order chi connectivity index (χ0) is 65.5. The topological polar surface area (TPSA) is 474 Å². The highest BCUT2D eigenvalue weighted by atomic mass is 16.4. The van der Waals surface area contributed by atoms with Crippen molar-refractivity contribution >= 4 is 71.1 Å². The summed E-state index contributed by atoms with van der Waals surface area (Å²) in [5.41, 5.74) is 28.6. The van der Waals surface area contributed by atoms with E-state index in [-0.39, 0.29) is 118 Å². The smallest absolute Gasteiger partial charge is 0.326 e. The van der Waals surface area contributed by atoms with Crippen molar-refractivity contribution in [1.29, 1.82) is 0 Å². The maximum Gasteiger partial charge on any atom is 0.326 e. The molecule has 0 fully saturated rings. The Morgan fingerprint density at radius 3 is 1.17 bits per heavy atom. The van der Waals surface area contributed by atoms with Gasteiger partial charge in [-0.25, -0.2) is 4.79 Å². The molecular weight excluding hydrogens is 1110 g/mol. The number of guanidine groups is 2. The summed E-state index contributed by atoms with van der Waals surface area (Å²) < 4.78 is 0. The Labute approximate surface area is 506 Å². The fourth-order valence-corrected chi connectivity index (χ4v) is 8.96. The lowest BCUT2D eigenvalue weighted by Crippen LogP contribution is -2.61. The third kappa shape index (κ3) is 31.4. The number of nitrogens with zero attached hydrogens (tertiary/aromatic N) is 2. The number of hydrogen-bond donors (Lipinski definition) is 16. The van der Waals surface area contributed by atoms with Crippen molar-refractivity contribution in [2.24, 2.45) is 74.2 Å². The van der Waals surface area contributed by atoms with Crippen LogP contribution in [0.15, 0.2) is 34.3 Å². The summed E-state index contributed by atoms with van der Waals surface area (Å²) in [6.45, 7) is 21.3. The van der Waals surface area contributed by atoms with Crippen LogP contribution in [-0.4, -0.2) is 155 Å². The molecule has 0 saturated carbocycles. The Bertz CT molecular complexity index is 2430. The van der Waals surface area contributed by atoms with Crippen molar-refractivity contribution in [1.82, 2.24) is 47.9 Å². The molecule has 0 spiro atoms. The molecule has 0 heterocycles. The van der Waals surface area contributed by atoms with E-state index in [1.54, 1.807) is 13.8 Å². The molecule has 0 aliphatic heterocycles. The van der Waals surface area contributed by atoms with Gasteiger partial charge in [0.05, 0.1) is 12.6 Å².